The molecule has 0 spiro atoms. The van der Waals surface area contributed by atoms with Gasteiger partial charge in [-0.15, -0.1) is 0 Å². The molecule has 4 nitrogen and oxygen atoms in total. The van der Waals surface area contributed by atoms with Crippen LogP contribution < -0.4 is 0 Å². The molecule has 1 N–H and O–H groups in total. The maximum atomic E-state index is 11.9. The number of ether oxygens (including phenoxy) is 1. The van der Waals surface area contributed by atoms with Gasteiger partial charge in [-0.2, -0.15) is 0 Å². The van der Waals surface area contributed by atoms with E-state index >= 15 is 0 Å². The highest BCUT2D eigenvalue weighted by atomic mass is 16.5. The molecule has 1 saturated heterocycles. The van der Waals surface area contributed by atoms with Crippen molar-refractivity contribution in [2.24, 2.45) is 0 Å². The molecule has 1 amide bonds. The highest BCUT2D eigenvalue weighted by molar-refractivity contribution is 5.81. The Kier molecular flexibility index (Phi) is 5.05. The average molecular weight is 215 g/mol. The van der Waals surface area contributed by atoms with Crippen molar-refractivity contribution >= 4 is 5.91 Å². The van der Waals surface area contributed by atoms with Gasteiger partial charge in [0.25, 0.3) is 5.91 Å². The molecule has 15 heavy (non-hydrogen) atoms. The molecule has 0 bridgehead atoms. The molecule has 0 radical (unpaired) electrons. The summed E-state index contributed by atoms with van der Waals surface area (Å²) in [6.45, 7) is 2.82. The van der Waals surface area contributed by atoms with Gasteiger partial charge < -0.3 is 14.7 Å². The monoisotopic (exact) mass is 215 g/mol. The van der Waals surface area contributed by atoms with E-state index in [1.165, 1.54) is 0 Å². The number of methoxy groups -OCH3 is 1. The molecule has 0 aromatic rings. The maximum Gasteiger partial charge on any atom is 0.251 e. The van der Waals surface area contributed by atoms with Crippen LogP contribution >= 0.6 is 0 Å². The topological polar surface area (TPSA) is 49.8 Å². The summed E-state index contributed by atoms with van der Waals surface area (Å²) in [6.07, 6.45) is 3.45. The molecule has 1 rings (SSSR count). The van der Waals surface area contributed by atoms with E-state index < -0.39 is 0 Å². The second kappa shape index (κ2) is 6.08. The second-order valence-electron chi connectivity index (χ2n) is 4.07. The molecule has 2 unspecified atom stereocenters. The van der Waals surface area contributed by atoms with Crippen LogP contribution in [0.15, 0.2) is 0 Å². The number of hydrogen-bond donors (Lipinski definition) is 1. The van der Waals surface area contributed by atoms with Gasteiger partial charge in [-0.1, -0.05) is 0 Å². The summed E-state index contributed by atoms with van der Waals surface area (Å²) in [5, 5.41) is 8.78. The zero-order chi connectivity index (χ0) is 11.3. The van der Waals surface area contributed by atoms with Gasteiger partial charge in [-0.25, -0.2) is 0 Å². The zero-order valence-electron chi connectivity index (χ0n) is 9.61. The third-order valence-corrected chi connectivity index (χ3v) is 3.06. The third kappa shape index (κ3) is 3.18. The van der Waals surface area contributed by atoms with E-state index in [0.717, 1.165) is 32.2 Å². The molecule has 0 aromatic carbocycles. The number of aliphatic hydroxyl groups is 1. The molecule has 88 valence electrons. The maximum absolute atomic E-state index is 11.9. The third-order valence-electron chi connectivity index (χ3n) is 3.06. The van der Waals surface area contributed by atoms with E-state index in [-0.39, 0.29) is 18.6 Å². The van der Waals surface area contributed by atoms with E-state index in [9.17, 15) is 4.79 Å². The van der Waals surface area contributed by atoms with E-state index in [4.69, 9.17) is 9.84 Å². The van der Waals surface area contributed by atoms with Crippen LogP contribution in [0.1, 0.15) is 32.6 Å². The molecule has 2 atom stereocenters. The van der Waals surface area contributed by atoms with Crippen molar-refractivity contribution in [3.8, 4) is 0 Å². The normalized spacial score (nSPS) is 23.1. The molecule has 0 aliphatic carbocycles. The summed E-state index contributed by atoms with van der Waals surface area (Å²) in [7, 11) is 1.56. The van der Waals surface area contributed by atoms with Crippen molar-refractivity contribution < 1.29 is 14.6 Å². The predicted octanol–water partition coefficient (Wildman–Crippen LogP) is 0.785. The quantitative estimate of drug-likeness (QED) is 0.737. The second-order valence-corrected chi connectivity index (χ2v) is 4.07. The van der Waals surface area contributed by atoms with Gasteiger partial charge in [-0.3, -0.25) is 4.79 Å². The molecule has 1 aliphatic rings. The Bertz CT molecular complexity index is 208. The lowest BCUT2D eigenvalue weighted by atomic mass is 10.1. The summed E-state index contributed by atoms with van der Waals surface area (Å²) < 4.78 is 5.04. The first-order valence-electron chi connectivity index (χ1n) is 5.64. The number of hydrogen-bond acceptors (Lipinski definition) is 3. The molecule has 1 aliphatic heterocycles. The van der Waals surface area contributed by atoms with Crippen molar-refractivity contribution in [1.29, 1.82) is 0 Å². The van der Waals surface area contributed by atoms with Crippen molar-refractivity contribution in [2.75, 3.05) is 20.3 Å². The Labute approximate surface area is 91.2 Å². The van der Waals surface area contributed by atoms with Gasteiger partial charge in [0.2, 0.25) is 0 Å². The van der Waals surface area contributed by atoms with Crippen LogP contribution in [0.25, 0.3) is 0 Å². The highest BCUT2D eigenvalue weighted by Crippen LogP contribution is 2.22. The number of nitrogens with zero attached hydrogens (tertiary/aromatic N) is 1. The van der Waals surface area contributed by atoms with E-state index in [1.807, 2.05) is 4.90 Å². The molecule has 1 fully saturated rings. The fourth-order valence-corrected chi connectivity index (χ4v) is 2.09. The first-order chi connectivity index (χ1) is 7.20. The number of likely N-dealkylation sites (tertiary alicyclic amines) is 1. The van der Waals surface area contributed by atoms with Gasteiger partial charge in [0.15, 0.2) is 0 Å². The van der Waals surface area contributed by atoms with E-state index in [0.29, 0.717) is 6.04 Å². The molecular formula is C11H21NO3. The Hall–Kier alpha value is -0.610. The van der Waals surface area contributed by atoms with Crippen LogP contribution in [0.2, 0.25) is 0 Å². The summed E-state index contributed by atoms with van der Waals surface area (Å²) in [5.41, 5.74) is 0. The van der Waals surface area contributed by atoms with Gasteiger partial charge in [0.05, 0.1) is 0 Å². The SMILES string of the molecule is COC(C)C(=O)N1CCCC1CCCO. The minimum Gasteiger partial charge on any atom is -0.396 e. The fourth-order valence-electron chi connectivity index (χ4n) is 2.09. The molecule has 1 heterocycles. The molecular weight excluding hydrogens is 194 g/mol. The zero-order valence-corrected chi connectivity index (χ0v) is 9.61. The van der Waals surface area contributed by atoms with E-state index in [2.05, 4.69) is 0 Å². The summed E-state index contributed by atoms with van der Waals surface area (Å²) in [5.74, 6) is 0.0814. The van der Waals surface area contributed by atoms with Crippen LogP contribution in [-0.4, -0.2) is 48.3 Å². The Morgan fingerprint density at radius 1 is 1.67 bits per heavy atom. The van der Waals surface area contributed by atoms with Gasteiger partial charge in [0, 0.05) is 26.3 Å². The van der Waals surface area contributed by atoms with E-state index in [1.54, 1.807) is 14.0 Å². The summed E-state index contributed by atoms with van der Waals surface area (Å²) in [4.78, 5) is 13.8. The van der Waals surface area contributed by atoms with Crippen LogP contribution in [0, 0.1) is 0 Å². The Balaban J connectivity index is 2.48. The lowest BCUT2D eigenvalue weighted by Crippen LogP contribution is -2.41. The molecule has 0 aromatic heterocycles. The standard InChI is InChI=1S/C11H21NO3/c1-9(15-2)11(14)12-7-3-5-10(12)6-4-8-13/h9-10,13H,3-8H2,1-2H3. The average Bonchev–Trinajstić information content (AvgIpc) is 2.72. The number of rotatable bonds is 5. The van der Waals surface area contributed by atoms with Crippen LogP contribution in [0.4, 0.5) is 0 Å². The predicted molar refractivity (Wildman–Crippen MR) is 57.5 cm³/mol. The van der Waals surface area contributed by atoms with Crippen molar-refractivity contribution in [1.82, 2.24) is 4.90 Å². The first kappa shape index (κ1) is 12.5. The van der Waals surface area contributed by atoms with Crippen LogP contribution in [0.3, 0.4) is 0 Å². The van der Waals surface area contributed by atoms with Crippen LogP contribution in [-0.2, 0) is 9.53 Å². The molecule has 0 saturated carbocycles. The summed E-state index contributed by atoms with van der Waals surface area (Å²) in [6, 6.07) is 0.308. The Morgan fingerprint density at radius 3 is 3.00 bits per heavy atom. The minimum atomic E-state index is -0.347. The number of carbonyl (C=O) groups is 1. The van der Waals surface area contributed by atoms with Gasteiger partial charge in [0.1, 0.15) is 6.10 Å². The smallest absolute Gasteiger partial charge is 0.251 e. The fraction of sp³-hybridized carbons (Fsp3) is 0.909. The first-order valence-corrected chi connectivity index (χ1v) is 5.64. The van der Waals surface area contributed by atoms with Gasteiger partial charge >= 0.3 is 0 Å². The van der Waals surface area contributed by atoms with Crippen molar-refractivity contribution in [3.05, 3.63) is 0 Å². The minimum absolute atomic E-state index is 0.0814. The van der Waals surface area contributed by atoms with Crippen molar-refractivity contribution in [3.63, 3.8) is 0 Å². The lowest BCUT2D eigenvalue weighted by Gasteiger charge is -2.26. The van der Waals surface area contributed by atoms with Crippen LogP contribution in [0.5, 0.6) is 0 Å². The van der Waals surface area contributed by atoms with Gasteiger partial charge in [-0.05, 0) is 32.6 Å². The number of amides is 1. The lowest BCUT2D eigenvalue weighted by molar-refractivity contribution is -0.141. The molecule has 4 heteroatoms. The van der Waals surface area contributed by atoms with Crippen molar-refractivity contribution in [2.45, 2.75) is 44.8 Å². The number of aliphatic hydroxyl groups excluding tert-OH is 1. The largest absolute Gasteiger partial charge is 0.396 e. The highest BCUT2D eigenvalue weighted by Gasteiger charge is 2.30. The number of carbonyl (C=O) groups excluding carboxylic acids is 1. The summed E-state index contributed by atoms with van der Waals surface area (Å²) >= 11 is 0. The Morgan fingerprint density at radius 2 is 2.40 bits per heavy atom.